The maximum absolute atomic E-state index is 12.3. The van der Waals surface area contributed by atoms with Crippen LogP contribution in [0.1, 0.15) is 17.0 Å². The zero-order chi connectivity index (χ0) is 17.0. The highest BCUT2D eigenvalue weighted by Gasteiger charge is 2.13. The van der Waals surface area contributed by atoms with Gasteiger partial charge in [0.2, 0.25) is 0 Å². The molecule has 2 amide bonds. The first kappa shape index (κ1) is 16.9. The van der Waals surface area contributed by atoms with E-state index in [1.54, 1.807) is 25.1 Å². The number of aryl methyl sites for hydroxylation is 2. The number of rotatable bonds is 5. The van der Waals surface area contributed by atoms with E-state index in [1.165, 1.54) is 5.56 Å². The van der Waals surface area contributed by atoms with Crippen LogP contribution in [0.3, 0.4) is 0 Å². The molecule has 6 heteroatoms. The van der Waals surface area contributed by atoms with E-state index >= 15 is 0 Å². The minimum absolute atomic E-state index is 0.141. The van der Waals surface area contributed by atoms with Gasteiger partial charge in [-0.15, -0.1) is 0 Å². The number of nitrogens with one attached hydrogen (secondary N) is 1. The van der Waals surface area contributed by atoms with E-state index in [2.05, 4.69) is 10.4 Å². The Hall–Kier alpha value is -2.50. The van der Waals surface area contributed by atoms with Crippen LogP contribution in [0.4, 0.5) is 10.5 Å². The van der Waals surface area contributed by atoms with Crippen LogP contribution in [0.15, 0.2) is 24.3 Å². The van der Waals surface area contributed by atoms with Crippen molar-refractivity contribution in [3.63, 3.8) is 0 Å². The van der Waals surface area contributed by atoms with Gasteiger partial charge in [-0.3, -0.25) is 4.68 Å². The summed E-state index contributed by atoms with van der Waals surface area (Å²) in [5.41, 5.74) is 4.08. The molecular weight excluding hydrogens is 292 g/mol. The average molecular weight is 316 g/mol. The molecule has 0 atom stereocenters. The van der Waals surface area contributed by atoms with Crippen molar-refractivity contribution >= 4 is 11.7 Å². The molecule has 0 aliphatic carbocycles. The van der Waals surface area contributed by atoms with E-state index in [-0.39, 0.29) is 6.03 Å². The third kappa shape index (κ3) is 4.03. The summed E-state index contributed by atoms with van der Waals surface area (Å²) in [4.78, 5) is 13.9. The number of nitrogens with zero attached hydrogens (tertiary/aromatic N) is 3. The van der Waals surface area contributed by atoms with Crippen molar-refractivity contribution < 1.29 is 9.53 Å². The van der Waals surface area contributed by atoms with Gasteiger partial charge in [0.1, 0.15) is 5.75 Å². The zero-order valence-electron chi connectivity index (χ0n) is 14.4. The zero-order valence-corrected chi connectivity index (χ0v) is 14.4. The molecule has 0 saturated heterocycles. The van der Waals surface area contributed by atoms with Crippen molar-refractivity contribution in [1.82, 2.24) is 14.7 Å². The van der Waals surface area contributed by atoms with Crippen LogP contribution in [0, 0.1) is 13.8 Å². The molecule has 0 fully saturated rings. The fraction of sp³-hybridized carbons (Fsp3) is 0.412. The number of ether oxygens (including phenoxy) is 1. The molecule has 0 unspecified atom stereocenters. The Morgan fingerprint density at radius 1 is 1.39 bits per heavy atom. The maximum atomic E-state index is 12.3. The summed E-state index contributed by atoms with van der Waals surface area (Å²) < 4.78 is 7.03. The lowest BCUT2D eigenvalue weighted by molar-refractivity contribution is 0.223. The third-order valence-electron chi connectivity index (χ3n) is 4.02. The van der Waals surface area contributed by atoms with Crippen molar-refractivity contribution in [2.24, 2.45) is 7.05 Å². The van der Waals surface area contributed by atoms with E-state index < -0.39 is 0 Å². The van der Waals surface area contributed by atoms with Gasteiger partial charge in [-0.25, -0.2) is 4.79 Å². The minimum atomic E-state index is -0.141. The Bertz CT molecular complexity index is 694. The number of carbonyl (C=O) groups is 1. The van der Waals surface area contributed by atoms with Gasteiger partial charge in [0.15, 0.2) is 0 Å². The van der Waals surface area contributed by atoms with E-state index in [0.29, 0.717) is 12.3 Å². The molecule has 1 N–H and O–H groups in total. The monoisotopic (exact) mass is 316 g/mol. The molecule has 1 aromatic heterocycles. The third-order valence-corrected chi connectivity index (χ3v) is 4.02. The second-order valence-corrected chi connectivity index (χ2v) is 5.61. The van der Waals surface area contributed by atoms with Crippen molar-refractivity contribution in [2.45, 2.75) is 20.3 Å². The Balaban J connectivity index is 1.94. The second kappa shape index (κ2) is 7.17. The Morgan fingerprint density at radius 3 is 2.74 bits per heavy atom. The quantitative estimate of drug-likeness (QED) is 0.922. The molecule has 1 aromatic carbocycles. The number of urea groups is 1. The van der Waals surface area contributed by atoms with E-state index in [1.807, 2.05) is 43.8 Å². The number of hydrogen-bond acceptors (Lipinski definition) is 3. The van der Waals surface area contributed by atoms with Crippen LogP contribution >= 0.6 is 0 Å². The number of hydrogen-bond donors (Lipinski definition) is 1. The van der Waals surface area contributed by atoms with Gasteiger partial charge in [-0.2, -0.15) is 5.10 Å². The van der Waals surface area contributed by atoms with Crippen molar-refractivity contribution in [2.75, 3.05) is 26.0 Å². The van der Waals surface area contributed by atoms with Gasteiger partial charge in [0.25, 0.3) is 0 Å². The number of amides is 2. The highest BCUT2D eigenvalue weighted by molar-refractivity contribution is 5.89. The summed E-state index contributed by atoms with van der Waals surface area (Å²) in [5.74, 6) is 0.715. The smallest absolute Gasteiger partial charge is 0.321 e. The SMILES string of the molecule is COc1cccc(NC(=O)N(C)CCc2c(C)nn(C)c2C)c1. The molecule has 0 saturated carbocycles. The number of likely N-dealkylation sites (N-methyl/N-ethyl adjacent to an activating group) is 1. The summed E-state index contributed by atoms with van der Waals surface area (Å²) in [6.45, 7) is 4.67. The molecule has 2 rings (SSSR count). The van der Waals surface area contributed by atoms with Gasteiger partial charge < -0.3 is 15.0 Å². The molecule has 0 aliphatic rings. The van der Waals surface area contributed by atoms with E-state index in [0.717, 1.165) is 23.5 Å². The largest absolute Gasteiger partial charge is 0.497 e. The number of carbonyl (C=O) groups excluding carboxylic acids is 1. The van der Waals surface area contributed by atoms with Crippen LogP contribution in [0.5, 0.6) is 5.75 Å². The predicted octanol–water partition coefficient (Wildman–Crippen LogP) is 2.75. The van der Waals surface area contributed by atoms with Gasteiger partial charge in [0.05, 0.1) is 12.8 Å². The summed E-state index contributed by atoms with van der Waals surface area (Å²) in [7, 11) is 5.33. The molecule has 2 aromatic rings. The van der Waals surface area contributed by atoms with E-state index in [4.69, 9.17) is 4.74 Å². The lowest BCUT2D eigenvalue weighted by Gasteiger charge is -2.18. The fourth-order valence-corrected chi connectivity index (χ4v) is 2.48. The predicted molar refractivity (Wildman–Crippen MR) is 91.0 cm³/mol. The summed E-state index contributed by atoms with van der Waals surface area (Å²) in [6, 6.07) is 7.17. The molecule has 0 radical (unpaired) electrons. The van der Waals surface area contributed by atoms with E-state index in [9.17, 15) is 4.79 Å². The molecule has 23 heavy (non-hydrogen) atoms. The lowest BCUT2D eigenvalue weighted by atomic mass is 10.1. The summed E-state index contributed by atoms with van der Waals surface area (Å²) >= 11 is 0. The second-order valence-electron chi connectivity index (χ2n) is 5.61. The maximum Gasteiger partial charge on any atom is 0.321 e. The summed E-state index contributed by atoms with van der Waals surface area (Å²) in [5, 5.41) is 7.28. The van der Waals surface area contributed by atoms with Crippen molar-refractivity contribution in [3.05, 3.63) is 41.2 Å². The first-order valence-corrected chi connectivity index (χ1v) is 7.57. The lowest BCUT2D eigenvalue weighted by Crippen LogP contribution is -2.33. The van der Waals surface area contributed by atoms with Crippen LogP contribution < -0.4 is 10.1 Å². The number of benzene rings is 1. The normalized spacial score (nSPS) is 10.5. The molecule has 124 valence electrons. The molecular formula is C17H24N4O2. The Kier molecular flexibility index (Phi) is 5.26. The Morgan fingerprint density at radius 2 is 2.13 bits per heavy atom. The van der Waals surface area contributed by atoms with Gasteiger partial charge in [0, 0.05) is 38.1 Å². The van der Waals surface area contributed by atoms with Crippen LogP contribution in [0.2, 0.25) is 0 Å². The Labute approximate surface area is 137 Å². The average Bonchev–Trinajstić information content (AvgIpc) is 2.78. The van der Waals surface area contributed by atoms with Crippen LogP contribution in [-0.2, 0) is 13.5 Å². The fourth-order valence-electron chi connectivity index (χ4n) is 2.48. The highest BCUT2D eigenvalue weighted by Crippen LogP contribution is 2.17. The molecule has 0 spiro atoms. The van der Waals surface area contributed by atoms with Crippen molar-refractivity contribution in [1.29, 1.82) is 0 Å². The molecule has 0 aliphatic heterocycles. The van der Waals surface area contributed by atoms with Gasteiger partial charge in [-0.1, -0.05) is 6.07 Å². The standard InChI is InChI=1S/C17H24N4O2/c1-12-16(13(2)21(4)19-12)9-10-20(3)17(22)18-14-7-6-8-15(11-14)23-5/h6-8,11H,9-10H2,1-5H3,(H,18,22). The molecule has 0 bridgehead atoms. The van der Waals surface area contributed by atoms with Crippen molar-refractivity contribution in [3.8, 4) is 5.75 Å². The summed E-state index contributed by atoms with van der Waals surface area (Å²) in [6.07, 6.45) is 0.785. The number of aromatic nitrogens is 2. The topological polar surface area (TPSA) is 59.4 Å². The number of anilines is 1. The molecule has 1 heterocycles. The van der Waals surface area contributed by atoms with Crippen LogP contribution in [-0.4, -0.2) is 41.4 Å². The first-order valence-electron chi connectivity index (χ1n) is 7.57. The minimum Gasteiger partial charge on any atom is -0.497 e. The van der Waals surface area contributed by atoms with Crippen LogP contribution in [0.25, 0.3) is 0 Å². The highest BCUT2D eigenvalue weighted by atomic mass is 16.5. The van der Waals surface area contributed by atoms with Gasteiger partial charge in [-0.05, 0) is 38.0 Å². The first-order chi connectivity index (χ1) is 10.9. The number of methoxy groups -OCH3 is 1. The molecule has 6 nitrogen and oxygen atoms in total. The van der Waals surface area contributed by atoms with Gasteiger partial charge >= 0.3 is 6.03 Å².